The Kier molecular flexibility index (Phi) is 4.31. The molecule has 0 aliphatic heterocycles. The molecule has 5 rings (SSSR count). The van der Waals surface area contributed by atoms with E-state index in [0.29, 0.717) is 10.8 Å². The molecule has 150 valence electrons. The molecular formula is C22H18N4O4. The highest BCUT2D eigenvalue weighted by molar-refractivity contribution is 6.05. The van der Waals surface area contributed by atoms with Crippen molar-refractivity contribution < 1.29 is 14.0 Å². The minimum atomic E-state index is -0.620. The van der Waals surface area contributed by atoms with Gasteiger partial charge >= 0.3 is 0 Å². The van der Waals surface area contributed by atoms with Crippen LogP contribution in [-0.2, 0) is 24.1 Å². The van der Waals surface area contributed by atoms with E-state index in [1.165, 1.54) is 11.1 Å². The number of amides is 2. The molecule has 30 heavy (non-hydrogen) atoms. The molecule has 0 saturated carbocycles. The zero-order valence-corrected chi connectivity index (χ0v) is 16.0. The van der Waals surface area contributed by atoms with Crippen LogP contribution in [-0.4, -0.2) is 22.0 Å². The molecule has 0 unspecified atom stereocenters. The van der Waals surface area contributed by atoms with E-state index in [2.05, 4.69) is 27.1 Å². The van der Waals surface area contributed by atoms with E-state index in [1.807, 2.05) is 6.07 Å². The molecule has 0 spiro atoms. The molecule has 0 saturated heterocycles. The predicted molar refractivity (Wildman–Crippen MR) is 110 cm³/mol. The van der Waals surface area contributed by atoms with Crippen molar-refractivity contribution in [2.45, 2.75) is 25.7 Å². The lowest BCUT2D eigenvalue weighted by Crippen LogP contribution is -2.43. The van der Waals surface area contributed by atoms with Crippen LogP contribution in [0.5, 0.6) is 0 Å². The van der Waals surface area contributed by atoms with Crippen LogP contribution >= 0.6 is 0 Å². The Bertz CT molecular complexity index is 1370. The predicted octanol–water partition coefficient (Wildman–Crippen LogP) is 2.16. The maximum absolute atomic E-state index is 12.5. The number of hydrogen-bond acceptors (Lipinski definition) is 5. The topological polar surface area (TPSA) is 117 Å². The molecule has 4 aromatic rings. The fourth-order valence-electron chi connectivity index (χ4n) is 3.98. The maximum atomic E-state index is 12.5. The standard InChI is InChI=1S/C22H18N4O4/c27-19(10-14-11-30-18-9-13-5-3-4-12(13)8-17(14)18)23-26-22(29)20-15-6-1-2-7-16(15)21(28)25-24-20/h1-2,6-9,11H,3-5,10H2,(H,23,27)(H,25,28)(H,26,29). The molecule has 2 amide bonds. The number of hydrogen-bond donors (Lipinski definition) is 3. The van der Waals surface area contributed by atoms with E-state index >= 15 is 0 Å². The largest absolute Gasteiger partial charge is 0.464 e. The zero-order chi connectivity index (χ0) is 20.7. The fraction of sp³-hybridized carbons (Fsp3) is 0.182. The van der Waals surface area contributed by atoms with E-state index in [-0.39, 0.29) is 23.6 Å². The average molecular weight is 402 g/mol. The minimum Gasteiger partial charge on any atom is -0.464 e. The number of nitrogens with zero attached hydrogens (tertiary/aromatic N) is 1. The molecular weight excluding hydrogens is 384 g/mol. The average Bonchev–Trinajstić information content (AvgIpc) is 3.37. The summed E-state index contributed by atoms with van der Waals surface area (Å²) in [4.78, 5) is 36.7. The zero-order valence-electron chi connectivity index (χ0n) is 16.0. The van der Waals surface area contributed by atoms with Crippen molar-refractivity contribution in [1.82, 2.24) is 21.0 Å². The number of aromatic nitrogens is 2. The maximum Gasteiger partial charge on any atom is 0.290 e. The molecule has 0 atom stereocenters. The second-order valence-electron chi connectivity index (χ2n) is 7.36. The van der Waals surface area contributed by atoms with E-state index in [1.54, 1.807) is 30.5 Å². The third-order valence-corrected chi connectivity index (χ3v) is 5.45. The number of H-pyrrole nitrogens is 1. The number of carbonyl (C=O) groups is 2. The second-order valence-corrected chi connectivity index (χ2v) is 7.36. The lowest BCUT2D eigenvalue weighted by molar-refractivity contribution is -0.121. The van der Waals surface area contributed by atoms with Gasteiger partial charge in [0.05, 0.1) is 18.1 Å². The Labute approximate surface area is 170 Å². The third-order valence-electron chi connectivity index (χ3n) is 5.45. The van der Waals surface area contributed by atoms with Crippen molar-refractivity contribution in [2.24, 2.45) is 0 Å². The van der Waals surface area contributed by atoms with Gasteiger partial charge in [-0.3, -0.25) is 25.2 Å². The minimum absolute atomic E-state index is 0.0230. The molecule has 2 aromatic carbocycles. The van der Waals surface area contributed by atoms with Crippen LogP contribution in [0.2, 0.25) is 0 Å². The molecule has 3 N–H and O–H groups in total. The first-order chi connectivity index (χ1) is 14.6. The van der Waals surface area contributed by atoms with Crippen LogP contribution in [0.3, 0.4) is 0 Å². The van der Waals surface area contributed by atoms with Crippen molar-refractivity contribution in [3.05, 3.63) is 75.4 Å². The monoisotopic (exact) mass is 402 g/mol. The first kappa shape index (κ1) is 18.1. The van der Waals surface area contributed by atoms with E-state index in [4.69, 9.17) is 4.42 Å². The van der Waals surface area contributed by atoms with Gasteiger partial charge in [0.25, 0.3) is 11.5 Å². The number of carbonyl (C=O) groups excluding carboxylic acids is 2. The third kappa shape index (κ3) is 3.12. The Morgan fingerprint density at radius 2 is 1.80 bits per heavy atom. The summed E-state index contributed by atoms with van der Waals surface area (Å²) in [6, 6.07) is 10.8. The van der Waals surface area contributed by atoms with Crippen molar-refractivity contribution in [1.29, 1.82) is 0 Å². The van der Waals surface area contributed by atoms with Crippen LogP contribution < -0.4 is 16.4 Å². The molecule has 2 aromatic heterocycles. The van der Waals surface area contributed by atoms with Crippen LogP contribution in [0.1, 0.15) is 33.6 Å². The summed E-state index contributed by atoms with van der Waals surface area (Å²) in [5, 5.41) is 7.79. The van der Waals surface area contributed by atoms with Crippen LogP contribution in [0.15, 0.2) is 51.9 Å². The van der Waals surface area contributed by atoms with E-state index in [0.717, 1.165) is 35.8 Å². The summed E-state index contributed by atoms with van der Waals surface area (Å²) in [6.45, 7) is 0. The van der Waals surface area contributed by atoms with Crippen LogP contribution in [0.25, 0.3) is 21.7 Å². The van der Waals surface area contributed by atoms with Gasteiger partial charge in [0, 0.05) is 16.3 Å². The fourth-order valence-corrected chi connectivity index (χ4v) is 3.98. The van der Waals surface area contributed by atoms with Gasteiger partial charge in [0.1, 0.15) is 5.58 Å². The Hall–Kier alpha value is -3.94. The molecule has 0 radical (unpaired) electrons. The van der Waals surface area contributed by atoms with Gasteiger partial charge in [-0.15, -0.1) is 0 Å². The van der Waals surface area contributed by atoms with Gasteiger partial charge in [-0.1, -0.05) is 18.2 Å². The number of rotatable bonds is 3. The second kappa shape index (κ2) is 7.14. The van der Waals surface area contributed by atoms with E-state index < -0.39 is 5.91 Å². The molecule has 1 aliphatic rings. The van der Waals surface area contributed by atoms with Crippen LogP contribution in [0, 0.1) is 0 Å². The number of nitrogens with one attached hydrogen (secondary N) is 3. The summed E-state index contributed by atoms with van der Waals surface area (Å²) in [6.07, 6.45) is 4.88. The molecule has 8 nitrogen and oxygen atoms in total. The van der Waals surface area contributed by atoms with Gasteiger partial charge in [-0.2, -0.15) is 5.10 Å². The van der Waals surface area contributed by atoms with Crippen molar-refractivity contribution in [3.63, 3.8) is 0 Å². The Balaban J connectivity index is 1.30. The highest BCUT2D eigenvalue weighted by Gasteiger charge is 2.18. The highest BCUT2D eigenvalue weighted by atomic mass is 16.3. The number of furan rings is 1. The molecule has 2 heterocycles. The van der Waals surface area contributed by atoms with Gasteiger partial charge in [-0.25, -0.2) is 5.10 Å². The Morgan fingerprint density at radius 3 is 2.63 bits per heavy atom. The van der Waals surface area contributed by atoms with Crippen molar-refractivity contribution in [2.75, 3.05) is 0 Å². The molecule has 8 heteroatoms. The van der Waals surface area contributed by atoms with Crippen molar-refractivity contribution >= 4 is 33.6 Å². The first-order valence-electron chi connectivity index (χ1n) is 9.68. The summed E-state index contributed by atoms with van der Waals surface area (Å²) in [5.74, 6) is -1.01. The van der Waals surface area contributed by atoms with Gasteiger partial charge in [0.2, 0.25) is 5.91 Å². The SMILES string of the molecule is O=C(Cc1coc2cc3c(cc12)CCC3)NNC(=O)c1n[nH]c(=O)c2ccccc12. The molecule has 0 bridgehead atoms. The van der Waals surface area contributed by atoms with Crippen LogP contribution in [0.4, 0.5) is 0 Å². The molecule has 0 fully saturated rings. The van der Waals surface area contributed by atoms with Crippen molar-refractivity contribution in [3.8, 4) is 0 Å². The van der Waals surface area contributed by atoms with Gasteiger partial charge in [0.15, 0.2) is 5.69 Å². The van der Waals surface area contributed by atoms with Gasteiger partial charge in [-0.05, 0) is 48.6 Å². The normalized spacial score (nSPS) is 12.8. The number of aromatic amines is 1. The van der Waals surface area contributed by atoms with E-state index in [9.17, 15) is 14.4 Å². The summed E-state index contributed by atoms with van der Waals surface area (Å²) >= 11 is 0. The first-order valence-corrected chi connectivity index (χ1v) is 9.68. The lowest BCUT2D eigenvalue weighted by Gasteiger charge is -2.08. The smallest absolute Gasteiger partial charge is 0.290 e. The Morgan fingerprint density at radius 1 is 1.03 bits per heavy atom. The molecule has 1 aliphatic carbocycles. The number of fused-ring (bicyclic) bond motifs is 3. The summed E-state index contributed by atoms with van der Waals surface area (Å²) in [7, 11) is 0. The lowest BCUT2D eigenvalue weighted by atomic mass is 10.0. The number of benzene rings is 2. The van der Waals surface area contributed by atoms with Gasteiger partial charge < -0.3 is 4.42 Å². The summed E-state index contributed by atoms with van der Waals surface area (Å²) in [5.41, 5.74) is 8.54. The summed E-state index contributed by atoms with van der Waals surface area (Å²) < 4.78 is 5.62. The quantitative estimate of drug-likeness (QED) is 0.454. The number of hydrazine groups is 1. The highest BCUT2D eigenvalue weighted by Crippen LogP contribution is 2.30. The number of aryl methyl sites for hydroxylation is 2.